The molecule has 6 atom stereocenters. The molecule has 1 saturated heterocycles. The van der Waals surface area contributed by atoms with E-state index < -0.39 is 66.7 Å². The van der Waals surface area contributed by atoms with Gasteiger partial charge in [-0.25, -0.2) is 0 Å². The van der Waals surface area contributed by atoms with Gasteiger partial charge in [-0.2, -0.15) is 0 Å². The van der Waals surface area contributed by atoms with Crippen molar-refractivity contribution >= 4 is 11.8 Å². The van der Waals surface area contributed by atoms with E-state index in [1.165, 1.54) is 24.3 Å². The van der Waals surface area contributed by atoms with Gasteiger partial charge >= 0.3 is 5.97 Å². The van der Waals surface area contributed by atoms with Gasteiger partial charge in [-0.3, -0.25) is 9.59 Å². The molecule has 0 aliphatic carbocycles. The maximum atomic E-state index is 12.7. The first-order chi connectivity index (χ1) is 16.5. The fraction of sp³-hybridized carbons (Fsp3) is 0.391. The van der Waals surface area contributed by atoms with Crippen LogP contribution in [0.2, 0.25) is 0 Å². The summed E-state index contributed by atoms with van der Waals surface area (Å²) in [6.45, 7) is 0.743. The number of phenolic OH excluding ortho intramolecular Hbond substituents is 3. The van der Waals surface area contributed by atoms with E-state index in [0.29, 0.717) is 5.56 Å². The monoisotopic (exact) mass is 492 g/mol. The Hall–Kier alpha value is -3.58. The minimum atomic E-state index is -1.70. The number of phenols is 3. The molecular formula is C23H24O12. The highest BCUT2D eigenvalue weighted by atomic mass is 16.7. The molecule has 2 aliphatic rings. The maximum absolute atomic E-state index is 12.7. The number of Topliss-reactive ketones (excluding diaryl/α,β-unsaturated/α-hetero) is 1. The number of carbonyl (C=O) groups is 2. The minimum absolute atomic E-state index is 0.0452. The van der Waals surface area contributed by atoms with Gasteiger partial charge in [0.1, 0.15) is 59.9 Å². The van der Waals surface area contributed by atoms with Crippen molar-refractivity contribution in [2.45, 2.75) is 50.2 Å². The van der Waals surface area contributed by atoms with Crippen molar-refractivity contribution < 1.29 is 59.2 Å². The van der Waals surface area contributed by atoms with Crippen LogP contribution in [0.1, 0.15) is 35.4 Å². The van der Waals surface area contributed by atoms with Crippen LogP contribution in [0.15, 0.2) is 30.3 Å². The van der Waals surface area contributed by atoms with E-state index in [9.17, 15) is 40.2 Å². The Morgan fingerprint density at radius 2 is 1.74 bits per heavy atom. The zero-order valence-corrected chi connectivity index (χ0v) is 18.4. The number of ketones is 1. The molecular weight excluding hydrogens is 468 g/mol. The van der Waals surface area contributed by atoms with Gasteiger partial charge in [-0.15, -0.1) is 0 Å². The molecule has 2 aliphatic heterocycles. The molecule has 0 bridgehead atoms. The minimum Gasteiger partial charge on any atom is -0.507 e. The van der Waals surface area contributed by atoms with Crippen molar-refractivity contribution in [2.24, 2.45) is 0 Å². The average molecular weight is 492 g/mol. The van der Waals surface area contributed by atoms with Gasteiger partial charge in [0, 0.05) is 19.1 Å². The van der Waals surface area contributed by atoms with Crippen molar-refractivity contribution in [3.05, 3.63) is 41.5 Å². The summed E-state index contributed by atoms with van der Waals surface area (Å²) in [5.41, 5.74) is 0.312. The van der Waals surface area contributed by atoms with Crippen molar-refractivity contribution in [1.29, 1.82) is 0 Å². The molecule has 2 heterocycles. The molecule has 12 heteroatoms. The van der Waals surface area contributed by atoms with Crippen LogP contribution >= 0.6 is 0 Å². The van der Waals surface area contributed by atoms with Crippen LogP contribution in [-0.4, -0.2) is 79.7 Å². The Labute approximate surface area is 198 Å². The van der Waals surface area contributed by atoms with Gasteiger partial charge in [-0.1, -0.05) is 6.07 Å². The van der Waals surface area contributed by atoms with E-state index in [1.54, 1.807) is 0 Å². The number of aliphatic hydroxyl groups excluding tert-OH is 3. The molecule has 6 unspecified atom stereocenters. The quantitative estimate of drug-likeness (QED) is 0.247. The fourth-order valence-corrected chi connectivity index (χ4v) is 3.89. The lowest BCUT2D eigenvalue weighted by Gasteiger charge is -2.40. The first-order valence-electron chi connectivity index (χ1n) is 10.6. The van der Waals surface area contributed by atoms with Crippen molar-refractivity contribution in [3.8, 4) is 28.7 Å². The fourth-order valence-electron chi connectivity index (χ4n) is 3.89. The van der Waals surface area contributed by atoms with E-state index in [1.807, 2.05) is 0 Å². The second-order valence-corrected chi connectivity index (χ2v) is 8.23. The van der Waals surface area contributed by atoms with Crippen LogP contribution in [0.3, 0.4) is 0 Å². The number of esters is 1. The Kier molecular flexibility index (Phi) is 6.72. The first kappa shape index (κ1) is 24.5. The molecule has 12 nitrogen and oxygen atoms in total. The molecule has 0 saturated carbocycles. The molecule has 0 aromatic heterocycles. The van der Waals surface area contributed by atoms with Gasteiger partial charge in [0.15, 0.2) is 17.3 Å². The highest BCUT2D eigenvalue weighted by Gasteiger charge is 2.45. The van der Waals surface area contributed by atoms with Crippen LogP contribution in [0.4, 0.5) is 0 Å². The van der Waals surface area contributed by atoms with Gasteiger partial charge in [0.2, 0.25) is 6.29 Å². The number of carbonyl (C=O) groups excluding carboxylic acids is 2. The molecule has 188 valence electrons. The lowest BCUT2D eigenvalue weighted by Crippen LogP contribution is -2.60. The summed E-state index contributed by atoms with van der Waals surface area (Å²) >= 11 is 0. The Morgan fingerprint density at radius 1 is 1.00 bits per heavy atom. The summed E-state index contributed by atoms with van der Waals surface area (Å²) in [5, 5.41) is 60.3. The number of ether oxygens (including phenoxy) is 4. The van der Waals surface area contributed by atoms with E-state index in [2.05, 4.69) is 0 Å². The Balaban J connectivity index is 1.57. The van der Waals surface area contributed by atoms with E-state index in [-0.39, 0.29) is 29.2 Å². The number of aromatic hydroxyl groups is 3. The third-order valence-corrected chi connectivity index (χ3v) is 5.72. The molecule has 0 amide bonds. The van der Waals surface area contributed by atoms with Crippen molar-refractivity contribution in [3.63, 3.8) is 0 Å². The molecule has 0 spiro atoms. The zero-order valence-electron chi connectivity index (χ0n) is 18.4. The van der Waals surface area contributed by atoms with Crippen LogP contribution in [0, 0.1) is 0 Å². The lowest BCUT2D eigenvalue weighted by molar-refractivity contribution is -0.278. The molecule has 2 aromatic carbocycles. The van der Waals surface area contributed by atoms with Crippen molar-refractivity contribution in [1.82, 2.24) is 0 Å². The number of hydrogen-bond donors (Lipinski definition) is 6. The zero-order chi connectivity index (χ0) is 25.4. The summed E-state index contributed by atoms with van der Waals surface area (Å²) in [5.74, 6) is -2.42. The smallest absolute Gasteiger partial charge is 0.302 e. The summed E-state index contributed by atoms with van der Waals surface area (Å²) in [6.07, 6.45) is -8.68. The van der Waals surface area contributed by atoms with Gasteiger partial charge in [0.25, 0.3) is 0 Å². The highest BCUT2D eigenvalue weighted by molar-refractivity contribution is 6.02. The third kappa shape index (κ3) is 4.95. The molecule has 2 aromatic rings. The molecule has 6 N–H and O–H groups in total. The summed E-state index contributed by atoms with van der Waals surface area (Å²) < 4.78 is 21.7. The normalized spacial score (nSPS) is 28.1. The molecule has 4 rings (SSSR count). The van der Waals surface area contributed by atoms with E-state index >= 15 is 0 Å². The Morgan fingerprint density at radius 3 is 2.43 bits per heavy atom. The number of benzene rings is 2. The summed E-state index contributed by atoms with van der Waals surface area (Å²) in [4.78, 5) is 23.8. The highest BCUT2D eigenvalue weighted by Crippen LogP contribution is 2.43. The molecule has 35 heavy (non-hydrogen) atoms. The number of fused-ring (bicyclic) bond motifs is 1. The number of rotatable bonds is 5. The topological polar surface area (TPSA) is 192 Å². The average Bonchev–Trinajstić information content (AvgIpc) is 2.79. The van der Waals surface area contributed by atoms with Crippen LogP contribution < -0.4 is 9.47 Å². The SMILES string of the molecule is CC(=O)OCC1OC(Oc2cc(O)c3c(c2)OC(c2ccc(O)c(O)c2)CC3=O)C(O)C(O)C1O. The number of aliphatic hydroxyl groups is 3. The number of hydrogen-bond acceptors (Lipinski definition) is 12. The van der Waals surface area contributed by atoms with Crippen LogP contribution in [0.25, 0.3) is 0 Å². The maximum Gasteiger partial charge on any atom is 0.302 e. The second kappa shape index (κ2) is 9.58. The van der Waals surface area contributed by atoms with Gasteiger partial charge in [-0.05, 0) is 17.7 Å². The molecule has 1 fully saturated rings. The van der Waals surface area contributed by atoms with Gasteiger partial charge < -0.3 is 49.6 Å². The van der Waals surface area contributed by atoms with E-state index in [4.69, 9.17) is 18.9 Å². The molecule has 0 radical (unpaired) electrons. The predicted molar refractivity (Wildman–Crippen MR) is 114 cm³/mol. The van der Waals surface area contributed by atoms with Crippen LogP contribution in [0.5, 0.6) is 28.7 Å². The largest absolute Gasteiger partial charge is 0.507 e. The van der Waals surface area contributed by atoms with Gasteiger partial charge in [0.05, 0.1) is 6.42 Å². The second-order valence-electron chi connectivity index (χ2n) is 8.23. The summed E-state index contributed by atoms with van der Waals surface area (Å²) in [6, 6.07) is 6.34. The third-order valence-electron chi connectivity index (χ3n) is 5.72. The van der Waals surface area contributed by atoms with Crippen LogP contribution in [-0.2, 0) is 14.3 Å². The first-order valence-corrected chi connectivity index (χ1v) is 10.6. The Bertz CT molecular complexity index is 1130. The standard InChI is InChI=1S/C23H24O12/c1-9(24)32-8-18-20(29)21(30)22(31)23(35-18)33-11-5-14(27)19-15(28)7-16(34-17(19)6-11)10-2-3-12(25)13(26)4-10/h2-6,16,18,20-23,25-27,29-31H,7-8H2,1H3. The summed E-state index contributed by atoms with van der Waals surface area (Å²) in [7, 11) is 0. The lowest BCUT2D eigenvalue weighted by atomic mass is 9.95. The van der Waals surface area contributed by atoms with E-state index in [0.717, 1.165) is 13.0 Å². The predicted octanol–water partition coefficient (Wildman–Crippen LogP) is 0.259. The van der Waals surface area contributed by atoms with Crippen molar-refractivity contribution in [2.75, 3.05) is 6.61 Å².